The predicted molar refractivity (Wildman–Crippen MR) is 114 cm³/mol. The molecule has 28 heavy (non-hydrogen) atoms. The standard InChI is InChI=1S/C20H24Cl2N4O2/c1-2-16(11-27)24-20-9-18(17(22)10-23-20)25-6-7-26(13-25)19(12-28)14-4-3-5-15(21)8-14/h3-10,16,19,27-28H,2,11-13H2,1H3,(H,23,24). The molecule has 1 aliphatic heterocycles. The van der Waals surface area contributed by atoms with Crippen LogP contribution in [0.1, 0.15) is 24.9 Å². The van der Waals surface area contributed by atoms with E-state index in [1.807, 2.05) is 59.5 Å². The Hall–Kier alpha value is -1.99. The Labute approximate surface area is 175 Å². The number of aromatic nitrogens is 1. The fraction of sp³-hybridized carbons (Fsp3) is 0.350. The molecule has 2 heterocycles. The highest BCUT2D eigenvalue weighted by Gasteiger charge is 2.24. The number of nitrogens with zero attached hydrogens (tertiary/aromatic N) is 3. The van der Waals surface area contributed by atoms with Crippen molar-refractivity contribution < 1.29 is 10.2 Å². The topological polar surface area (TPSA) is 71.9 Å². The van der Waals surface area contributed by atoms with E-state index in [1.54, 1.807) is 6.20 Å². The lowest BCUT2D eigenvalue weighted by Gasteiger charge is -2.29. The van der Waals surface area contributed by atoms with Gasteiger partial charge in [0.2, 0.25) is 0 Å². The van der Waals surface area contributed by atoms with Crippen molar-refractivity contribution in [3.8, 4) is 0 Å². The van der Waals surface area contributed by atoms with E-state index < -0.39 is 0 Å². The van der Waals surface area contributed by atoms with Crippen LogP contribution < -0.4 is 10.2 Å². The fourth-order valence-corrected chi connectivity index (χ4v) is 3.53. The Kier molecular flexibility index (Phi) is 7.02. The maximum atomic E-state index is 9.93. The molecule has 3 rings (SSSR count). The average Bonchev–Trinajstić information content (AvgIpc) is 3.17. The number of pyridine rings is 1. The molecular formula is C20H24Cl2N4O2. The van der Waals surface area contributed by atoms with Crippen LogP contribution in [0.4, 0.5) is 11.5 Å². The molecule has 1 aliphatic rings. The Morgan fingerprint density at radius 3 is 2.68 bits per heavy atom. The van der Waals surface area contributed by atoms with E-state index in [0.29, 0.717) is 22.5 Å². The molecule has 1 aromatic carbocycles. The van der Waals surface area contributed by atoms with Crippen LogP contribution >= 0.6 is 23.2 Å². The van der Waals surface area contributed by atoms with E-state index in [4.69, 9.17) is 23.2 Å². The van der Waals surface area contributed by atoms with E-state index >= 15 is 0 Å². The molecule has 2 unspecified atom stereocenters. The minimum atomic E-state index is -0.211. The Morgan fingerprint density at radius 2 is 2.00 bits per heavy atom. The summed E-state index contributed by atoms with van der Waals surface area (Å²) in [6, 6.07) is 9.09. The smallest absolute Gasteiger partial charge is 0.128 e. The summed E-state index contributed by atoms with van der Waals surface area (Å²) in [7, 11) is 0. The van der Waals surface area contributed by atoms with Crippen LogP contribution in [0.2, 0.25) is 10.0 Å². The van der Waals surface area contributed by atoms with Gasteiger partial charge in [-0.1, -0.05) is 42.3 Å². The van der Waals surface area contributed by atoms with E-state index in [2.05, 4.69) is 10.3 Å². The van der Waals surface area contributed by atoms with Gasteiger partial charge in [0, 0.05) is 23.5 Å². The van der Waals surface area contributed by atoms with Gasteiger partial charge in [-0.25, -0.2) is 4.98 Å². The highest BCUT2D eigenvalue weighted by molar-refractivity contribution is 6.33. The summed E-state index contributed by atoms with van der Waals surface area (Å²) in [6.07, 6.45) is 6.22. The van der Waals surface area contributed by atoms with E-state index in [0.717, 1.165) is 17.7 Å². The number of nitrogens with one attached hydrogen (secondary N) is 1. The Bertz CT molecular complexity index is 830. The molecule has 6 nitrogen and oxygen atoms in total. The maximum Gasteiger partial charge on any atom is 0.128 e. The van der Waals surface area contributed by atoms with Crippen molar-refractivity contribution in [3.05, 3.63) is 64.5 Å². The molecule has 0 aliphatic carbocycles. The van der Waals surface area contributed by atoms with E-state index in [-0.39, 0.29) is 25.3 Å². The molecule has 8 heteroatoms. The summed E-state index contributed by atoms with van der Waals surface area (Å²) in [5, 5.41) is 23.7. The molecule has 1 aromatic heterocycles. The molecule has 0 radical (unpaired) electrons. The lowest BCUT2D eigenvalue weighted by atomic mass is 10.1. The van der Waals surface area contributed by atoms with Crippen molar-refractivity contribution in [2.45, 2.75) is 25.4 Å². The predicted octanol–water partition coefficient (Wildman–Crippen LogP) is 3.86. The largest absolute Gasteiger partial charge is 0.394 e. The molecule has 0 saturated heterocycles. The van der Waals surface area contributed by atoms with Crippen LogP contribution in [0.5, 0.6) is 0 Å². The molecule has 2 atom stereocenters. The van der Waals surface area contributed by atoms with Gasteiger partial charge >= 0.3 is 0 Å². The average molecular weight is 423 g/mol. The lowest BCUT2D eigenvalue weighted by molar-refractivity contribution is 0.173. The maximum absolute atomic E-state index is 9.93. The molecule has 0 bridgehead atoms. The number of benzene rings is 1. The van der Waals surface area contributed by atoms with Crippen molar-refractivity contribution in [3.63, 3.8) is 0 Å². The van der Waals surface area contributed by atoms with Gasteiger partial charge in [0.05, 0.1) is 48.9 Å². The van der Waals surface area contributed by atoms with Crippen molar-refractivity contribution in [1.29, 1.82) is 0 Å². The van der Waals surface area contributed by atoms with Gasteiger partial charge in [0.1, 0.15) is 5.82 Å². The van der Waals surface area contributed by atoms with Gasteiger partial charge < -0.3 is 25.3 Å². The lowest BCUT2D eigenvalue weighted by Crippen LogP contribution is -2.31. The highest BCUT2D eigenvalue weighted by Crippen LogP contribution is 2.33. The summed E-state index contributed by atoms with van der Waals surface area (Å²) in [6.45, 7) is 2.52. The second kappa shape index (κ2) is 9.47. The third-order valence-corrected chi connectivity index (χ3v) is 5.30. The monoisotopic (exact) mass is 422 g/mol. The highest BCUT2D eigenvalue weighted by atomic mass is 35.5. The number of halogens is 2. The minimum absolute atomic E-state index is 0.0331. The SMILES string of the molecule is CCC(CO)Nc1cc(N2C=CN(C(CO)c3cccc(Cl)c3)C2)c(Cl)cn1. The number of anilines is 2. The molecular weight excluding hydrogens is 399 g/mol. The summed E-state index contributed by atoms with van der Waals surface area (Å²) in [5.41, 5.74) is 1.74. The van der Waals surface area contributed by atoms with E-state index in [1.165, 1.54) is 0 Å². The third-order valence-electron chi connectivity index (χ3n) is 4.77. The zero-order valence-electron chi connectivity index (χ0n) is 15.6. The first-order chi connectivity index (χ1) is 13.5. The van der Waals surface area contributed by atoms with Crippen LogP contribution in [0.25, 0.3) is 0 Å². The molecule has 0 fully saturated rings. The number of rotatable bonds is 8. The summed E-state index contributed by atoms with van der Waals surface area (Å²) in [4.78, 5) is 8.31. The molecule has 2 aromatic rings. The Balaban J connectivity index is 1.77. The first-order valence-electron chi connectivity index (χ1n) is 9.15. The van der Waals surface area contributed by atoms with Gasteiger partial charge in [-0.15, -0.1) is 0 Å². The minimum Gasteiger partial charge on any atom is -0.394 e. The van der Waals surface area contributed by atoms with E-state index in [9.17, 15) is 10.2 Å². The van der Waals surface area contributed by atoms with Gasteiger partial charge in [-0.3, -0.25) is 0 Å². The molecule has 3 N–H and O–H groups in total. The summed E-state index contributed by atoms with van der Waals surface area (Å²) < 4.78 is 0. The number of hydrogen-bond donors (Lipinski definition) is 3. The molecule has 0 saturated carbocycles. The Morgan fingerprint density at radius 1 is 1.18 bits per heavy atom. The first-order valence-corrected chi connectivity index (χ1v) is 9.91. The summed E-state index contributed by atoms with van der Waals surface area (Å²) in [5.74, 6) is 0.653. The number of aliphatic hydroxyl groups is 2. The van der Waals surface area contributed by atoms with Crippen molar-refractivity contribution in [1.82, 2.24) is 9.88 Å². The number of aliphatic hydroxyl groups excluding tert-OH is 2. The fourth-order valence-electron chi connectivity index (χ4n) is 3.12. The van der Waals surface area contributed by atoms with Gasteiger partial charge in [-0.05, 0) is 24.1 Å². The summed E-state index contributed by atoms with van der Waals surface area (Å²) >= 11 is 12.5. The van der Waals surface area contributed by atoms with Crippen molar-refractivity contribution in [2.75, 3.05) is 30.1 Å². The zero-order valence-corrected chi connectivity index (χ0v) is 17.1. The molecule has 0 amide bonds. The van der Waals surface area contributed by atoms with Gasteiger partial charge in [0.25, 0.3) is 0 Å². The van der Waals surface area contributed by atoms with Crippen LogP contribution in [0, 0.1) is 0 Å². The first kappa shape index (κ1) is 20.7. The van der Waals surface area contributed by atoms with Gasteiger partial charge in [0.15, 0.2) is 0 Å². The van der Waals surface area contributed by atoms with Gasteiger partial charge in [-0.2, -0.15) is 0 Å². The van der Waals surface area contributed by atoms with Crippen molar-refractivity contribution in [2.24, 2.45) is 0 Å². The zero-order chi connectivity index (χ0) is 20.1. The quantitative estimate of drug-likeness (QED) is 0.599. The van der Waals surface area contributed by atoms with Crippen LogP contribution in [-0.4, -0.2) is 46.0 Å². The number of hydrogen-bond acceptors (Lipinski definition) is 6. The van der Waals surface area contributed by atoms with Crippen LogP contribution in [-0.2, 0) is 0 Å². The van der Waals surface area contributed by atoms with Crippen LogP contribution in [0.15, 0.2) is 48.9 Å². The second-order valence-corrected chi connectivity index (χ2v) is 7.47. The third kappa shape index (κ3) is 4.70. The normalized spacial score (nSPS) is 15.8. The molecule has 150 valence electrons. The van der Waals surface area contributed by atoms with Crippen LogP contribution in [0.3, 0.4) is 0 Å². The molecule has 0 spiro atoms. The second-order valence-electron chi connectivity index (χ2n) is 6.63. The van der Waals surface area contributed by atoms with Crippen molar-refractivity contribution >= 4 is 34.7 Å².